The average Bonchev–Trinajstić information content (AvgIpc) is 3.11. The van der Waals surface area contributed by atoms with E-state index < -0.39 is 0 Å². The molecule has 0 fully saturated rings. The number of benzene rings is 2. The Balaban J connectivity index is 1.55. The largest absolute Gasteiger partial charge is 0.455 e. The lowest BCUT2D eigenvalue weighted by Crippen LogP contribution is -2.19. The molecule has 1 heterocycles. The maximum absolute atomic E-state index is 12.0. The SMILES string of the molecule is CCc1ccc(CC(=O)N/N=C\c2ccc(-c3cccc(Cl)c3)o2)cc1. The third-order valence-electron chi connectivity index (χ3n) is 3.91. The molecule has 0 atom stereocenters. The average molecular weight is 367 g/mol. The molecule has 0 bridgehead atoms. The number of carbonyl (C=O) groups is 1. The number of nitrogens with one attached hydrogen (secondary N) is 1. The summed E-state index contributed by atoms with van der Waals surface area (Å²) in [6.45, 7) is 2.10. The van der Waals surface area contributed by atoms with Crippen LogP contribution in [0.25, 0.3) is 11.3 Å². The van der Waals surface area contributed by atoms with Crippen LogP contribution in [0, 0.1) is 0 Å². The van der Waals surface area contributed by atoms with Gasteiger partial charge in [0.25, 0.3) is 0 Å². The fraction of sp³-hybridized carbons (Fsp3) is 0.143. The first kappa shape index (κ1) is 18.0. The van der Waals surface area contributed by atoms with Crippen LogP contribution in [-0.2, 0) is 17.6 Å². The van der Waals surface area contributed by atoms with Gasteiger partial charge in [-0.3, -0.25) is 4.79 Å². The molecule has 3 aromatic rings. The minimum atomic E-state index is -0.174. The number of furan rings is 1. The summed E-state index contributed by atoms with van der Waals surface area (Å²) >= 11 is 5.99. The zero-order valence-electron chi connectivity index (χ0n) is 14.4. The molecule has 1 amide bonds. The molecule has 0 spiro atoms. The first-order valence-corrected chi connectivity index (χ1v) is 8.77. The van der Waals surface area contributed by atoms with Gasteiger partial charge in [0.1, 0.15) is 11.5 Å². The molecule has 1 N–H and O–H groups in total. The molecule has 4 nitrogen and oxygen atoms in total. The van der Waals surface area contributed by atoms with Crippen molar-refractivity contribution in [3.05, 3.63) is 82.6 Å². The highest BCUT2D eigenvalue weighted by molar-refractivity contribution is 6.30. The maximum Gasteiger partial charge on any atom is 0.244 e. The van der Waals surface area contributed by atoms with Crippen molar-refractivity contribution >= 4 is 23.7 Å². The van der Waals surface area contributed by atoms with E-state index in [1.165, 1.54) is 11.8 Å². The van der Waals surface area contributed by atoms with Crippen molar-refractivity contribution in [2.24, 2.45) is 5.10 Å². The van der Waals surface area contributed by atoms with Gasteiger partial charge in [0.05, 0.1) is 12.6 Å². The van der Waals surface area contributed by atoms with Crippen molar-refractivity contribution in [3.63, 3.8) is 0 Å². The third kappa shape index (κ3) is 4.83. The van der Waals surface area contributed by atoms with Crippen LogP contribution in [-0.4, -0.2) is 12.1 Å². The van der Waals surface area contributed by atoms with Crippen molar-refractivity contribution in [2.75, 3.05) is 0 Å². The van der Waals surface area contributed by atoms with Crippen LogP contribution in [0.4, 0.5) is 0 Å². The van der Waals surface area contributed by atoms with Gasteiger partial charge in [0, 0.05) is 10.6 Å². The van der Waals surface area contributed by atoms with E-state index in [2.05, 4.69) is 17.5 Å². The van der Waals surface area contributed by atoms with Gasteiger partial charge in [0.2, 0.25) is 5.91 Å². The lowest BCUT2D eigenvalue weighted by Gasteiger charge is -2.02. The number of hydrogen-bond acceptors (Lipinski definition) is 3. The lowest BCUT2D eigenvalue weighted by molar-refractivity contribution is -0.120. The lowest BCUT2D eigenvalue weighted by atomic mass is 10.1. The monoisotopic (exact) mass is 366 g/mol. The Kier molecular flexibility index (Phi) is 5.87. The van der Waals surface area contributed by atoms with Crippen molar-refractivity contribution < 1.29 is 9.21 Å². The topological polar surface area (TPSA) is 54.6 Å². The summed E-state index contributed by atoms with van der Waals surface area (Å²) < 4.78 is 5.69. The number of aryl methyl sites for hydroxylation is 1. The molecular weight excluding hydrogens is 348 g/mol. The fourth-order valence-electron chi connectivity index (χ4n) is 2.50. The molecule has 0 aliphatic carbocycles. The quantitative estimate of drug-likeness (QED) is 0.500. The van der Waals surface area contributed by atoms with E-state index in [9.17, 15) is 4.79 Å². The number of hydrazone groups is 1. The number of halogens is 1. The Hall–Kier alpha value is -2.85. The molecule has 26 heavy (non-hydrogen) atoms. The first-order valence-electron chi connectivity index (χ1n) is 8.39. The summed E-state index contributed by atoms with van der Waals surface area (Å²) in [7, 11) is 0. The Morgan fingerprint density at radius 2 is 1.88 bits per heavy atom. The summed E-state index contributed by atoms with van der Waals surface area (Å²) in [4.78, 5) is 12.0. The van der Waals surface area contributed by atoms with Gasteiger partial charge < -0.3 is 4.42 Å². The summed E-state index contributed by atoms with van der Waals surface area (Å²) in [6, 6.07) is 19.0. The zero-order valence-corrected chi connectivity index (χ0v) is 15.2. The molecule has 5 heteroatoms. The van der Waals surface area contributed by atoms with Crippen LogP contribution < -0.4 is 5.43 Å². The molecule has 0 aliphatic heterocycles. The Morgan fingerprint density at radius 1 is 1.12 bits per heavy atom. The third-order valence-corrected chi connectivity index (χ3v) is 4.15. The number of carbonyl (C=O) groups excluding carboxylic acids is 1. The van der Waals surface area contributed by atoms with Gasteiger partial charge in [-0.15, -0.1) is 0 Å². The smallest absolute Gasteiger partial charge is 0.244 e. The molecule has 0 saturated heterocycles. The number of rotatable bonds is 6. The van der Waals surface area contributed by atoms with Crippen molar-refractivity contribution in [1.82, 2.24) is 5.43 Å². The Bertz CT molecular complexity index is 914. The molecule has 2 aromatic carbocycles. The van der Waals surface area contributed by atoms with Gasteiger partial charge >= 0.3 is 0 Å². The predicted octanol–water partition coefficient (Wildman–Crippen LogP) is 4.86. The van der Waals surface area contributed by atoms with Crippen LogP contribution in [0.15, 0.2) is 70.2 Å². The van der Waals surface area contributed by atoms with E-state index in [-0.39, 0.29) is 12.3 Å². The van der Waals surface area contributed by atoms with Crippen molar-refractivity contribution in [3.8, 4) is 11.3 Å². The van der Waals surface area contributed by atoms with Gasteiger partial charge in [-0.25, -0.2) is 5.43 Å². The second-order valence-electron chi connectivity index (χ2n) is 5.85. The molecule has 132 valence electrons. The molecule has 1 aromatic heterocycles. The second kappa shape index (κ2) is 8.50. The summed E-state index contributed by atoms with van der Waals surface area (Å²) in [6.07, 6.45) is 2.75. The Labute approximate surface area is 157 Å². The standard InChI is InChI=1S/C21H19ClN2O2/c1-2-15-6-8-16(9-7-15)12-21(25)24-23-14-19-10-11-20(26-19)17-4-3-5-18(22)13-17/h3-11,13-14H,2,12H2,1H3,(H,24,25)/b23-14-. The molecule has 0 saturated carbocycles. The van der Waals surface area contributed by atoms with Gasteiger partial charge in [-0.1, -0.05) is 54.9 Å². The van der Waals surface area contributed by atoms with Crippen LogP contribution >= 0.6 is 11.6 Å². The minimum absolute atomic E-state index is 0.174. The second-order valence-corrected chi connectivity index (χ2v) is 6.29. The first-order chi connectivity index (χ1) is 12.6. The molecular formula is C21H19ClN2O2. The Morgan fingerprint density at radius 3 is 2.62 bits per heavy atom. The minimum Gasteiger partial charge on any atom is -0.455 e. The van der Waals surface area contributed by atoms with E-state index in [0.29, 0.717) is 16.5 Å². The highest BCUT2D eigenvalue weighted by Gasteiger charge is 2.05. The van der Waals surface area contributed by atoms with Crippen LogP contribution in [0.5, 0.6) is 0 Å². The maximum atomic E-state index is 12.0. The van der Waals surface area contributed by atoms with E-state index in [1.54, 1.807) is 6.07 Å². The number of nitrogens with zero attached hydrogens (tertiary/aromatic N) is 1. The van der Waals surface area contributed by atoms with Crippen LogP contribution in [0.2, 0.25) is 5.02 Å². The van der Waals surface area contributed by atoms with E-state index >= 15 is 0 Å². The highest BCUT2D eigenvalue weighted by Crippen LogP contribution is 2.24. The van der Waals surface area contributed by atoms with Gasteiger partial charge in [-0.05, 0) is 41.8 Å². The number of amides is 1. The van der Waals surface area contributed by atoms with E-state index in [0.717, 1.165) is 17.5 Å². The summed E-state index contributed by atoms with van der Waals surface area (Å²) in [5, 5.41) is 4.60. The summed E-state index contributed by atoms with van der Waals surface area (Å²) in [5.74, 6) is 1.07. The van der Waals surface area contributed by atoms with Crippen molar-refractivity contribution in [1.29, 1.82) is 0 Å². The van der Waals surface area contributed by atoms with E-state index in [4.69, 9.17) is 16.0 Å². The molecule has 3 rings (SSSR count). The van der Waals surface area contributed by atoms with Crippen LogP contribution in [0.3, 0.4) is 0 Å². The number of hydrogen-bond donors (Lipinski definition) is 1. The van der Waals surface area contributed by atoms with Gasteiger partial charge in [0.15, 0.2) is 0 Å². The van der Waals surface area contributed by atoms with E-state index in [1.807, 2.05) is 54.6 Å². The summed E-state index contributed by atoms with van der Waals surface area (Å²) in [5.41, 5.74) is 5.61. The van der Waals surface area contributed by atoms with Crippen molar-refractivity contribution in [2.45, 2.75) is 19.8 Å². The molecule has 0 unspecified atom stereocenters. The molecule has 0 radical (unpaired) electrons. The van der Waals surface area contributed by atoms with Gasteiger partial charge in [-0.2, -0.15) is 5.10 Å². The predicted molar refractivity (Wildman–Crippen MR) is 104 cm³/mol. The fourth-order valence-corrected chi connectivity index (χ4v) is 2.70. The zero-order chi connectivity index (χ0) is 18.4. The highest BCUT2D eigenvalue weighted by atomic mass is 35.5. The molecule has 0 aliphatic rings. The van der Waals surface area contributed by atoms with Crippen LogP contribution in [0.1, 0.15) is 23.8 Å². The normalized spacial score (nSPS) is 11.0.